The summed E-state index contributed by atoms with van der Waals surface area (Å²) in [5, 5.41) is 0. The molecule has 0 radical (unpaired) electrons. The van der Waals surface area contributed by atoms with Crippen molar-refractivity contribution in [2.45, 2.75) is 50.6 Å². The van der Waals surface area contributed by atoms with E-state index < -0.39 is 66.4 Å². The van der Waals surface area contributed by atoms with Gasteiger partial charge in [0.2, 0.25) is 0 Å². The molecule has 4 aromatic carbocycles. The number of carbonyl (C=O) groups is 7. The van der Waals surface area contributed by atoms with Crippen LogP contribution < -0.4 is 18.9 Å². The van der Waals surface area contributed by atoms with Crippen LogP contribution in [0.4, 0.5) is 4.79 Å². The lowest BCUT2D eigenvalue weighted by Crippen LogP contribution is -2.36. The monoisotopic (exact) mass is 852 g/mol. The Hall–Kier alpha value is -7.37. The van der Waals surface area contributed by atoms with Gasteiger partial charge in [0, 0.05) is 13.0 Å². The molecule has 17 heteroatoms. The lowest BCUT2D eigenvalue weighted by Gasteiger charge is -2.17. The van der Waals surface area contributed by atoms with Gasteiger partial charge >= 0.3 is 42.0 Å². The molecule has 2 heterocycles. The fourth-order valence-corrected chi connectivity index (χ4v) is 6.07. The van der Waals surface area contributed by atoms with Gasteiger partial charge in [-0.05, 0) is 116 Å². The van der Waals surface area contributed by atoms with Crippen LogP contribution in [0.5, 0.6) is 23.0 Å². The Bertz CT molecular complexity index is 2250. The van der Waals surface area contributed by atoms with Crippen LogP contribution in [-0.4, -0.2) is 92.8 Å². The van der Waals surface area contributed by atoms with Gasteiger partial charge in [0.05, 0.1) is 48.7 Å². The van der Waals surface area contributed by atoms with Crippen LogP contribution in [0, 0.1) is 0 Å². The zero-order valence-corrected chi connectivity index (χ0v) is 33.2. The minimum atomic E-state index is -0.910. The number of benzene rings is 4. The number of ether oxygens (including phenoxy) is 10. The quantitative estimate of drug-likeness (QED) is 0.0297. The average Bonchev–Trinajstić information content (AvgIpc) is 3.86. The molecular weight excluding hydrogens is 812 g/mol. The number of hydrogen-bond acceptors (Lipinski definition) is 17. The van der Waals surface area contributed by atoms with Crippen molar-refractivity contribution >= 4 is 42.0 Å². The van der Waals surface area contributed by atoms with Gasteiger partial charge in [-0.2, -0.15) is 0 Å². The van der Waals surface area contributed by atoms with Gasteiger partial charge in [-0.15, -0.1) is 0 Å². The largest absolute Gasteiger partial charge is 0.513 e. The Morgan fingerprint density at radius 1 is 0.516 bits per heavy atom. The maximum absolute atomic E-state index is 13.0. The zero-order chi connectivity index (χ0) is 44.0. The molecule has 4 atom stereocenters. The van der Waals surface area contributed by atoms with E-state index in [1.54, 1.807) is 0 Å². The molecule has 2 saturated heterocycles. The van der Waals surface area contributed by atoms with E-state index in [0.29, 0.717) is 19.3 Å². The second-order valence-electron chi connectivity index (χ2n) is 13.6. The summed E-state index contributed by atoms with van der Waals surface area (Å²) in [5.74, 6) is -2.91. The standard InChI is InChI=1S/C45H40O17/c1-3-38(47)53-23-5-4-6-24-54-45(52)60-35-21-13-29(14-22-35)42(49)59-34-19-11-31(12-20-34)44(51)62-37-26-56-39-36(25-55-40(37)39)61-43(50)30-9-17-33(18-10-30)58-41(48)28-7-15-32(16-8-28)57-27(2)46/h3,7-22,36-37,39-40H,1,4-6,23-26H2,2H3/t36-,37-,39?,40?/m0/s1. The molecule has 6 rings (SSSR count). The van der Waals surface area contributed by atoms with Crippen molar-refractivity contribution in [3.05, 3.63) is 132 Å². The highest BCUT2D eigenvalue weighted by molar-refractivity contribution is 5.93. The van der Waals surface area contributed by atoms with Crippen molar-refractivity contribution in [1.82, 2.24) is 0 Å². The Labute approximate surface area is 354 Å². The minimum Gasteiger partial charge on any atom is -0.463 e. The second-order valence-corrected chi connectivity index (χ2v) is 13.6. The lowest BCUT2D eigenvalue weighted by molar-refractivity contribution is -0.138. The van der Waals surface area contributed by atoms with E-state index in [2.05, 4.69) is 6.58 Å². The van der Waals surface area contributed by atoms with Crippen molar-refractivity contribution in [3.8, 4) is 23.0 Å². The summed E-state index contributed by atoms with van der Waals surface area (Å²) in [4.78, 5) is 85.4. The molecule has 322 valence electrons. The van der Waals surface area contributed by atoms with Crippen molar-refractivity contribution in [2.24, 2.45) is 0 Å². The summed E-state index contributed by atoms with van der Waals surface area (Å²) in [6.45, 7) is 4.95. The van der Waals surface area contributed by atoms with E-state index in [1.807, 2.05) is 0 Å². The van der Waals surface area contributed by atoms with Crippen LogP contribution in [0.25, 0.3) is 0 Å². The predicted octanol–water partition coefficient (Wildman–Crippen LogP) is 6.01. The molecule has 0 amide bonds. The van der Waals surface area contributed by atoms with Gasteiger partial charge < -0.3 is 47.4 Å². The molecule has 2 unspecified atom stereocenters. The number of esters is 6. The predicted molar refractivity (Wildman–Crippen MR) is 212 cm³/mol. The summed E-state index contributed by atoms with van der Waals surface area (Å²) >= 11 is 0. The number of unbranched alkanes of at least 4 members (excludes halogenated alkanes) is 2. The van der Waals surface area contributed by atoms with E-state index in [4.69, 9.17) is 47.4 Å². The first kappa shape index (κ1) is 44.2. The number of rotatable bonds is 17. The van der Waals surface area contributed by atoms with Gasteiger partial charge in [0.15, 0.2) is 12.2 Å². The van der Waals surface area contributed by atoms with Crippen LogP contribution in [0.1, 0.15) is 67.6 Å². The van der Waals surface area contributed by atoms with Crippen LogP contribution >= 0.6 is 0 Å². The van der Waals surface area contributed by atoms with Gasteiger partial charge in [0.25, 0.3) is 0 Å². The molecule has 0 spiro atoms. The first-order chi connectivity index (χ1) is 29.9. The third-order valence-corrected chi connectivity index (χ3v) is 9.14. The summed E-state index contributed by atoms with van der Waals surface area (Å²) in [6.07, 6.45) is -0.958. The van der Waals surface area contributed by atoms with Crippen LogP contribution in [0.15, 0.2) is 110 Å². The van der Waals surface area contributed by atoms with E-state index >= 15 is 0 Å². The van der Waals surface area contributed by atoms with Gasteiger partial charge in [-0.1, -0.05) is 6.58 Å². The number of fused-ring (bicyclic) bond motifs is 1. The Balaban J connectivity index is 0.899. The van der Waals surface area contributed by atoms with Crippen molar-refractivity contribution in [1.29, 1.82) is 0 Å². The van der Waals surface area contributed by atoms with Crippen molar-refractivity contribution < 1.29 is 80.9 Å². The molecule has 17 nitrogen and oxygen atoms in total. The van der Waals surface area contributed by atoms with Crippen LogP contribution in [0.2, 0.25) is 0 Å². The Morgan fingerprint density at radius 3 is 1.29 bits per heavy atom. The molecule has 62 heavy (non-hydrogen) atoms. The minimum absolute atomic E-state index is 0.000359. The van der Waals surface area contributed by atoms with Crippen molar-refractivity contribution in [2.75, 3.05) is 26.4 Å². The smallest absolute Gasteiger partial charge is 0.463 e. The second kappa shape index (κ2) is 21.2. The Kier molecular flexibility index (Phi) is 15.1. The van der Waals surface area contributed by atoms with Crippen LogP contribution in [0.3, 0.4) is 0 Å². The summed E-state index contributed by atoms with van der Waals surface area (Å²) in [7, 11) is 0. The molecule has 0 aromatic heterocycles. The molecule has 0 aliphatic carbocycles. The fraction of sp³-hybridized carbons (Fsp3) is 0.267. The molecule has 0 bridgehead atoms. The average molecular weight is 853 g/mol. The van der Waals surface area contributed by atoms with Gasteiger partial charge in [-0.25, -0.2) is 28.8 Å². The van der Waals surface area contributed by atoms with Crippen LogP contribution in [-0.2, 0) is 38.0 Å². The summed E-state index contributed by atoms with van der Waals surface area (Å²) in [6, 6.07) is 22.9. The van der Waals surface area contributed by atoms with Gasteiger partial charge in [0.1, 0.15) is 35.2 Å². The topological polar surface area (TPSA) is 212 Å². The van der Waals surface area contributed by atoms with E-state index in [9.17, 15) is 33.6 Å². The number of carbonyl (C=O) groups excluding carboxylic acids is 7. The molecule has 4 aromatic rings. The van der Waals surface area contributed by atoms with Crippen molar-refractivity contribution in [3.63, 3.8) is 0 Å². The third kappa shape index (κ3) is 12.3. The molecule has 0 N–H and O–H groups in total. The van der Waals surface area contributed by atoms with E-state index in [1.165, 1.54) is 104 Å². The maximum Gasteiger partial charge on any atom is 0.513 e. The van der Waals surface area contributed by atoms with E-state index in [-0.39, 0.29) is 71.7 Å². The molecule has 2 aliphatic heterocycles. The fourth-order valence-electron chi connectivity index (χ4n) is 6.07. The molecule has 2 fully saturated rings. The molecule has 0 saturated carbocycles. The maximum atomic E-state index is 13.0. The molecule has 2 aliphatic rings. The highest BCUT2D eigenvalue weighted by Crippen LogP contribution is 2.32. The third-order valence-electron chi connectivity index (χ3n) is 9.14. The number of hydrogen-bond donors (Lipinski definition) is 0. The zero-order valence-electron chi connectivity index (χ0n) is 33.2. The summed E-state index contributed by atoms with van der Waals surface area (Å²) < 4.78 is 53.7. The van der Waals surface area contributed by atoms with E-state index in [0.717, 1.165) is 6.08 Å². The molecular formula is C45H40O17. The normalized spacial score (nSPS) is 17.4. The first-order valence-corrected chi connectivity index (χ1v) is 19.3. The highest BCUT2D eigenvalue weighted by atomic mass is 16.7. The summed E-state index contributed by atoms with van der Waals surface area (Å²) in [5.41, 5.74) is 0.746. The SMILES string of the molecule is C=CC(=O)OCCCCCOC(=O)Oc1ccc(C(=O)Oc2ccc(C(=O)O[C@H]3COC4C3OC[C@@H]4OC(=O)c3ccc(OC(=O)c4ccc(OC(C)=O)cc4)cc3)cc2)cc1. The first-order valence-electron chi connectivity index (χ1n) is 19.3. The van der Waals surface area contributed by atoms with Gasteiger partial charge in [-0.3, -0.25) is 4.79 Å². The highest BCUT2D eigenvalue weighted by Gasteiger charge is 2.51. The lowest BCUT2D eigenvalue weighted by atomic mass is 10.1. The Morgan fingerprint density at radius 2 is 0.887 bits per heavy atom.